The lowest BCUT2D eigenvalue weighted by Crippen LogP contribution is -2.63. The Kier molecular flexibility index (Phi) is 7.68. The van der Waals surface area contributed by atoms with Gasteiger partial charge in [0.25, 0.3) is 5.91 Å². The summed E-state index contributed by atoms with van der Waals surface area (Å²) in [5, 5.41) is 0. The first kappa shape index (κ1) is 30.5. The van der Waals surface area contributed by atoms with Crippen LogP contribution in [0, 0.1) is 25.7 Å². The Hall–Kier alpha value is -3.57. The van der Waals surface area contributed by atoms with Gasteiger partial charge in [-0.3, -0.25) is 9.59 Å². The Morgan fingerprint density at radius 2 is 1.59 bits per heavy atom. The number of aryl methyl sites for hydroxylation is 2. The van der Waals surface area contributed by atoms with Crippen LogP contribution in [0.25, 0.3) is 0 Å². The van der Waals surface area contributed by atoms with Gasteiger partial charge in [0.15, 0.2) is 0 Å². The third-order valence-electron chi connectivity index (χ3n) is 9.80. The van der Waals surface area contributed by atoms with Gasteiger partial charge >= 0.3 is 6.18 Å². The fourth-order valence-electron chi connectivity index (χ4n) is 7.33. The zero-order valence-electron chi connectivity index (χ0n) is 24.8. The summed E-state index contributed by atoms with van der Waals surface area (Å²) in [5.74, 6) is -4.49. The molecular formula is C32H36F5N5O2. The lowest BCUT2D eigenvalue weighted by atomic mass is 9.70. The molecule has 1 aromatic heterocycles. The minimum absolute atomic E-state index is 0.0152. The van der Waals surface area contributed by atoms with E-state index in [2.05, 4.69) is 33.2 Å². The van der Waals surface area contributed by atoms with Crippen LogP contribution < -0.4 is 0 Å². The van der Waals surface area contributed by atoms with Crippen molar-refractivity contribution in [2.45, 2.75) is 63.5 Å². The number of carbonyl (C=O) groups excluding carboxylic acids is 2. The zero-order valence-corrected chi connectivity index (χ0v) is 24.8. The lowest BCUT2D eigenvalue weighted by Gasteiger charge is -2.52. The minimum atomic E-state index is -4.68. The van der Waals surface area contributed by atoms with Gasteiger partial charge in [0.2, 0.25) is 17.7 Å². The van der Waals surface area contributed by atoms with Crippen molar-refractivity contribution in [2.75, 3.05) is 39.3 Å². The molecule has 4 heterocycles. The molecule has 3 aliphatic heterocycles. The predicted octanol–water partition coefficient (Wildman–Crippen LogP) is 5.38. The molecule has 1 aliphatic carbocycles. The van der Waals surface area contributed by atoms with Crippen LogP contribution >= 0.6 is 0 Å². The molecule has 2 saturated heterocycles. The largest absolute Gasteiger partial charge is 0.451 e. The van der Waals surface area contributed by atoms with Crippen LogP contribution in [0.4, 0.5) is 22.0 Å². The van der Waals surface area contributed by atoms with Crippen molar-refractivity contribution in [3.63, 3.8) is 0 Å². The molecule has 4 aliphatic rings. The van der Waals surface area contributed by atoms with Gasteiger partial charge in [-0.25, -0.2) is 18.7 Å². The summed E-state index contributed by atoms with van der Waals surface area (Å²) >= 11 is 0. The molecule has 0 spiro atoms. The first-order chi connectivity index (χ1) is 20.7. The molecule has 0 bridgehead atoms. The molecule has 1 saturated carbocycles. The third kappa shape index (κ3) is 5.79. The number of amides is 2. The lowest BCUT2D eigenvalue weighted by molar-refractivity contribution is -0.148. The van der Waals surface area contributed by atoms with Crippen molar-refractivity contribution >= 4 is 11.8 Å². The summed E-state index contributed by atoms with van der Waals surface area (Å²) in [6, 6.07) is 10.1. The van der Waals surface area contributed by atoms with Gasteiger partial charge in [0.05, 0.1) is 17.0 Å². The Bertz CT molecular complexity index is 1440. The molecule has 236 valence electrons. The van der Waals surface area contributed by atoms with Crippen LogP contribution in [-0.4, -0.2) is 81.7 Å². The molecule has 3 fully saturated rings. The Morgan fingerprint density at radius 3 is 2.18 bits per heavy atom. The Morgan fingerprint density at radius 1 is 0.955 bits per heavy atom. The van der Waals surface area contributed by atoms with Crippen LogP contribution in [0.15, 0.2) is 42.1 Å². The fraction of sp³-hybridized carbons (Fsp3) is 0.562. The van der Waals surface area contributed by atoms with E-state index in [1.807, 2.05) is 23.1 Å². The van der Waals surface area contributed by atoms with E-state index in [1.165, 1.54) is 13.8 Å². The molecule has 7 nitrogen and oxygen atoms in total. The number of nitrogens with zero attached hydrogens (tertiary/aromatic N) is 5. The van der Waals surface area contributed by atoms with Gasteiger partial charge in [-0.2, -0.15) is 13.2 Å². The van der Waals surface area contributed by atoms with E-state index in [0.29, 0.717) is 26.2 Å². The summed E-state index contributed by atoms with van der Waals surface area (Å²) in [4.78, 5) is 39.3. The average Bonchev–Trinajstić information content (AvgIpc) is 3.51. The van der Waals surface area contributed by atoms with Gasteiger partial charge in [-0.05, 0) is 44.2 Å². The van der Waals surface area contributed by atoms with E-state index in [0.717, 1.165) is 30.6 Å². The maximum absolute atomic E-state index is 13.6. The number of hydrogen-bond acceptors (Lipinski definition) is 5. The number of alkyl halides is 5. The predicted molar refractivity (Wildman–Crippen MR) is 152 cm³/mol. The van der Waals surface area contributed by atoms with Gasteiger partial charge in [0, 0.05) is 75.6 Å². The number of carbonyl (C=O) groups is 2. The number of benzene rings is 1. The van der Waals surface area contributed by atoms with Crippen LogP contribution in [0.5, 0.6) is 0 Å². The average molecular weight is 618 g/mol. The molecular weight excluding hydrogens is 581 g/mol. The van der Waals surface area contributed by atoms with E-state index >= 15 is 0 Å². The SMILES string of the molecule is Cc1nc(C(F)(F)F)nc(C)c1C(=O)N1CC2=CN(CCC3(c4ccccc4)CN(C(=O)C4CCC(F)(F)CC4)C3)CC2C1. The van der Waals surface area contributed by atoms with Crippen molar-refractivity contribution < 1.29 is 31.5 Å². The van der Waals surface area contributed by atoms with Gasteiger partial charge < -0.3 is 14.7 Å². The number of likely N-dealkylation sites (tertiary alicyclic amines) is 2. The van der Waals surface area contributed by atoms with Crippen LogP contribution in [-0.2, 0) is 16.4 Å². The third-order valence-corrected chi connectivity index (χ3v) is 9.80. The zero-order chi connectivity index (χ0) is 31.4. The molecule has 1 aromatic carbocycles. The summed E-state index contributed by atoms with van der Waals surface area (Å²) in [6.07, 6.45) is -1.79. The quantitative estimate of drug-likeness (QED) is 0.408. The first-order valence-electron chi connectivity index (χ1n) is 15.1. The normalized spacial score (nSPS) is 22.9. The molecule has 12 heteroatoms. The topological polar surface area (TPSA) is 69.6 Å². The molecule has 1 atom stereocenters. The smallest absolute Gasteiger partial charge is 0.377 e. The molecule has 44 heavy (non-hydrogen) atoms. The minimum Gasteiger partial charge on any atom is -0.377 e. The number of rotatable bonds is 6. The molecule has 2 amide bonds. The van der Waals surface area contributed by atoms with Crippen molar-refractivity contribution in [2.24, 2.45) is 11.8 Å². The number of fused-ring (bicyclic) bond motifs is 1. The van der Waals surface area contributed by atoms with Crippen LogP contribution in [0.1, 0.15) is 65.2 Å². The number of hydrogen-bond donors (Lipinski definition) is 0. The van der Waals surface area contributed by atoms with E-state index < -0.39 is 17.9 Å². The monoisotopic (exact) mass is 617 g/mol. The molecule has 2 aromatic rings. The second kappa shape index (κ2) is 11.1. The van der Waals surface area contributed by atoms with Gasteiger partial charge in [-0.1, -0.05) is 30.3 Å². The Balaban J connectivity index is 1.08. The fourth-order valence-corrected chi connectivity index (χ4v) is 7.33. The highest BCUT2D eigenvalue weighted by molar-refractivity contribution is 5.96. The number of halogens is 5. The maximum Gasteiger partial charge on any atom is 0.451 e. The van der Waals surface area contributed by atoms with Crippen LogP contribution in [0.3, 0.4) is 0 Å². The number of aromatic nitrogens is 2. The highest BCUT2D eigenvalue weighted by Crippen LogP contribution is 2.43. The standard InChI is InChI=1S/C32H36F5N5O2/c1-20-26(21(2)39-29(38-20)32(35,36)37)28(44)41-16-23-14-40(15-24(23)17-41)13-12-30(25-6-4-3-5-7-25)18-42(19-30)27(43)22-8-10-31(33,34)11-9-22/h3-7,14,22,24H,8-13,15-19H2,1-2H3. The van der Waals surface area contributed by atoms with Crippen molar-refractivity contribution in [3.8, 4) is 0 Å². The Labute approximate surface area is 253 Å². The molecule has 0 N–H and O–H groups in total. The van der Waals surface area contributed by atoms with Crippen molar-refractivity contribution in [1.29, 1.82) is 0 Å². The van der Waals surface area contributed by atoms with Crippen molar-refractivity contribution in [3.05, 3.63) is 70.4 Å². The molecule has 1 unspecified atom stereocenters. The molecule has 0 radical (unpaired) electrons. The van der Waals surface area contributed by atoms with E-state index in [4.69, 9.17) is 0 Å². The first-order valence-corrected chi connectivity index (χ1v) is 15.1. The highest BCUT2D eigenvalue weighted by Gasteiger charge is 2.49. The van der Waals surface area contributed by atoms with E-state index in [1.54, 1.807) is 4.90 Å². The second-order valence-corrected chi connectivity index (χ2v) is 12.9. The van der Waals surface area contributed by atoms with Gasteiger partial charge in [0.1, 0.15) is 0 Å². The summed E-state index contributed by atoms with van der Waals surface area (Å²) in [7, 11) is 0. The highest BCUT2D eigenvalue weighted by atomic mass is 19.4. The summed E-state index contributed by atoms with van der Waals surface area (Å²) < 4.78 is 66.6. The molecule has 6 rings (SSSR count). The van der Waals surface area contributed by atoms with E-state index in [-0.39, 0.29) is 71.7 Å². The van der Waals surface area contributed by atoms with E-state index in [9.17, 15) is 31.5 Å². The summed E-state index contributed by atoms with van der Waals surface area (Å²) in [5.41, 5.74) is 2.20. The second-order valence-electron chi connectivity index (χ2n) is 12.9. The van der Waals surface area contributed by atoms with Crippen molar-refractivity contribution in [1.82, 2.24) is 24.7 Å². The maximum atomic E-state index is 13.6. The van der Waals surface area contributed by atoms with Gasteiger partial charge in [-0.15, -0.1) is 0 Å². The van der Waals surface area contributed by atoms with Crippen LogP contribution in [0.2, 0.25) is 0 Å². The summed E-state index contributed by atoms with van der Waals surface area (Å²) in [6.45, 7) is 6.27.